The summed E-state index contributed by atoms with van der Waals surface area (Å²) in [6.45, 7) is 3.93. The van der Waals surface area contributed by atoms with Crippen molar-refractivity contribution in [3.05, 3.63) is 70.8 Å². The summed E-state index contributed by atoms with van der Waals surface area (Å²) in [4.78, 5) is 37.2. The van der Waals surface area contributed by atoms with Gasteiger partial charge in [-0.2, -0.15) is 0 Å². The second-order valence-corrected chi connectivity index (χ2v) is 7.29. The Morgan fingerprint density at radius 2 is 1.71 bits per heavy atom. The van der Waals surface area contributed by atoms with Gasteiger partial charge < -0.3 is 10.1 Å². The van der Waals surface area contributed by atoms with Crippen molar-refractivity contribution in [3.8, 4) is 0 Å². The van der Waals surface area contributed by atoms with Gasteiger partial charge in [0.15, 0.2) is 5.78 Å². The molecule has 146 valence electrons. The van der Waals surface area contributed by atoms with E-state index in [2.05, 4.69) is 5.32 Å². The zero-order valence-electron chi connectivity index (χ0n) is 16.2. The van der Waals surface area contributed by atoms with E-state index in [1.807, 2.05) is 32.0 Å². The van der Waals surface area contributed by atoms with Crippen molar-refractivity contribution in [1.82, 2.24) is 5.32 Å². The van der Waals surface area contributed by atoms with Crippen LogP contribution >= 0.6 is 0 Å². The molecule has 1 saturated carbocycles. The molecular formula is C23H25NO4. The van der Waals surface area contributed by atoms with Crippen LogP contribution in [0.1, 0.15) is 58.8 Å². The zero-order valence-corrected chi connectivity index (χ0v) is 16.2. The van der Waals surface area contributed by atoms with Crippen LogP contribution in [-0.2, 0) is 14.3 Å². The van der Waals surface area contributed by atoms with E-state index in [9.17, 15) is 14.4 Å². The lowest BCUT2D eigenvalue weighted by molar-refractivity contribution is -0.156. The van der Waals surface area contributed by atoms with Gasteiger partial charge in [-0.05, 0) is 43.9 Å². The summed E-state index contributed by atoms with van der Waals surface area (Å²) in [7, 11) is 0. The van der Waals surface area contributed by atoms with E-state index in [4.69, 9.17) is 4.74 Å². The van der Waals surface area contributed by atoms with Crippen molar-refractivity contribution in [2.75, 3.05) is 0 Å². The van der Waals surface area contributed by atoms with Gasteiger partial charge >= 0.3 is 5.97 Å². The number of hydrogen-bond donors (Lipinski definition) is 1. The summed E-state index contributed by atoms with van der Waals surface area (Å²) in [5, 5.41) is 2.88. The lowest BCUT2D eigenvalue weighted by atomic mass is 10.0. The molecule has 0 aromatic heterocycles. The molecule has 1 aliphatic carbocycles. The fraction of sp³-hybridized carbons (Fsp3) is 0.348. The highest BCUT2D eigenvalue weighted by Crippen LogP contribution is 2.24. The standard InChI is InChI=1S/C23H25NO4/c1-15-8-9-18(14-16(15)2)20(25)12-13-21(26)28-22(17-6-4-3-5-7-17)23(27)24-19-10-11-19/h3-9,14,19,22H,10-13H2,1-2H3,(H,24,27)/t22-/m1/s1. The minimum atomic E-state index is -0.994. The molecule has 2 aromatic rings. The van der Waals surface area contributed by atoms with Crippen molar-refractivity contribution in [2.45, 2.75) is 51.7 Å². The zero-order chi connectivity index (χ0) is 20.1. The lowest BCUT2D eigenvalue weighted by Crippen LogP contribution is -2.33. The van der Waals surface area contributed by atoms with Crippen LogP contribution in [0.5, 0.6) is 0 Å². The molecule has 2 aromatic carbocycles. The second kappa shape index (κ2) is 8.83. The number of esters is 1. The third-order valence-corrected chi connectivity index (χ3v) is 4.90. The average molecular weight is 379 g/mol. The molecule has 0 aliphatic heterocycles. The van der Waals surface area contributed by atoms with Gasteiger partial charge in [0, 0.05) is 23.6 Å². The first-order valence-corrected chi connectivity index (χ1v) is 9.59. The van der Waals surface area contributed by atoms with Crippen LogP contribution in [0.15, 0.2) is 48.5 Å². The molecule has 1 aliphatic rings. The Balaban J connectivity index is 1.60. The second-order valence-electron chi connectivity index (χ2n) is 7.29. The number of hydrogen-bond acceptors (Lipinski definition) is 4. The Kier molecular flexibility index (Phi) is 6.24. The van der Waals surface area contributed by atoms with E-state index < -0.39 is 12.1 Å². The Morgan fingerprint density at radius 1 is 1.00 bits per heavy atom. The van der Waals surface area contributed by atoms with Gasteiger partial charge in [-0.25, -0.2) is 0 Å². The summed E-state index contributed by atoms with van der Waals surface area (Å²) in [6, 6.07) is 14.6. The number of amides is 1. The van der Waals surface area contributed by atoms with Crippen LogP contribution in [0, 0.1) is 13.8 Å². The van der Waals surface area contributed by atoms with Crippen molar-refractivity contribution in [2.24, 2.45) is 0 Å². The van der Waals surface area contributed by atoms with Gasteiger partial charge in [-0.15, -0.1) is 0 Å². The van der Waals surface area contributed by atoms with E-state index >= 15 is 0 Å². The minimum absolute atomic E-state index is 0.0487. The third kappa shape index (κ3) is 5.28. The molecular weight excluding hydrogens is 354 g/mol. The number of ketones is 1. The number of ether oxygens (including phenoxy) is 1. The average Bonchev–Trinajstić information content (AvgIpc) is 3.51. The normalized spacial score (nSPS) is 14.2. The van der Waals surface area contributed by atoms with Gasteiger partial charge in [0.2, 0.25) is 6.10 Å². The van der Waals surface area contributed by atoms with E-state index in [1.165, 1.54) is 0 Å². The molecule has 0 saturated heterocycles. The first-order chi connectivity index (χ1) is 13.4. The largest absolute Gasteiger partial charge is 0.447 e. The van der Waals surface area contributed by atoms with Crippen LogP contribution in [0.2, 0.25) is 0 Å². The van der Waals surface area contributed by atoms with E-state index in [-0.39, 0.29) is 30.6 Å². The number of carbonyl (C=O) groups is 3. The Morgan fingerprint density at radius 3 is 2.36 bits per heavy atom. The molecule has 1 fully saturated rings. The molecule has 0 bridgehead atoms. The molecule has 28 heavy (non-hydrogen) atoms. The number of carbonyl (C=O) groups excluding carboxylic acids is 3. The smallest absolute Gasteiger partial charge is 0.307 e. The summed E-state index contributed by atoms with van der Waals surface area (Å²) in [5.74, 6) is -0.988. The molecule has 0 radical (unpaired) electrons. The van der Waals surface area contributed by atoms with E-state index in [0.29, 0.717) is 11.1 Å². The number of aryl methyl sites for hydroxylation is 2. The summed E-state index contributed by atoms with van der Waals surface area (Å²) < 4.78 is 5.45. The van der Waals surface area contributed by atoms with Crippen molar-refractivity contribution in [3.63, 3.8) is 0 Å². The number of benzene rings is 2. The fourth-order valence-electron chi connectivity index (χ4n) is 2.87. The molecule has 1 N–H and O–H groups in total. The van der Waals surface area contributed by atoms with Gasteiger partial charge in [0.1, 0.15) is 0 Å². The summed E-state index contributed by atoms with van der Waals surface area (Å²) in [6.07, 6.45) is 0.891. The van der Waals surface area contributed by atoms with Crippen molar-refractivity contribution in [1.29, 1.82) is 0 Å². The van der Waals surface area contributed by atoms with E-state index in [0.717, 1.165) is 24.0 Å². The van der Waals surface area contributed by atoms with Crippen LogP contribution < -0.4 is 5.32 Å². The van der Waals surface area contributed by atoms with Crippen LogP contribution in [-0.4, -0.2) is 23.7 Å². The monoisotopic (exact) mass is 379 g/mol. The molecule has 5 heteroatoms. The first kappa shape index (κ1) is 19.8. The molecule has 1 amide bonds. The minimum Gasteiger partial charge on any atom is -0.447 e. The fourth-order valence-corrected chi connectivity index (χ4v) is 2.87. The maximum Gasteiger partial charge on any atom is 0.307 e. The highest BCUT2D eigenvalue weighted by molar-refractivity contribution is 5.98. The lowest BCUT2D eigenvalue weighted by Gasteiger charge is -2.18. The summed E-state index contributed by atoms with van der Waals surface area (Å²) >= 11 is 0. The van der Waals surface area contributed by atoms with Gasteiger partial charge in [-0.3, -0.25) is 14.4 Å². The topological polar surface area (TPSA) is 72.5 Å². The molecule has 3 rings (SSSR count). The molecule has 0 unspecified atom stereocenters. The molecule has 5 nitrogen and oxygen atoms in total. The third-order valence-electron chi connectivity index (χ3n) is 4.90. The Bertz CT molecular complexity index is 871. The van der Waals surface area contributed by atoms with Crippen LogP contribution in [0.25, 0.3) is 0 Å². The van der Waals surface area contributed by atoms with E-state index in [1.54, 1.807) is 30.3 Å². The van der Waals surface area contributed by atoms with Crippen molar-refractivity contribution >= 4 is 17.7 Å². The van der Waals surface area contributed by atoms with Crippen LogP contribution in [0.4, 0.5) is 0 Å². The first-order valence-electron chi connectivity index (χ1n) is 9.59. The number of Topliss-reactive ketones (excluding diaryl/α,β-unsaturated/α-hetero) is 1. The summed E-state index contributed by atoms with van der Waals surface area (Å²) in [5.41, 5.74) is 3.36. The molecule has 1 atom stereocenters. The van der Waals surface area contributed by atoms with Crippen molar-refractivity contribution < 1.29 is 19.1 Å². The SMILES string of the molecule is Cc1ccc(C(=O)CCC(=O)O[C@@H](C(=O)NC2CC2)c2ccccc2)cc1C. The predicted molar refractivity (Wildman–Crippen MR) is 106 cm³/mol. The molecule has 0 spiro atoms. The van der Waals surface area contributed by atoms with Gasteiger partial charge in [0.05, 0.1) is 6.42 Å². The quantitative estimate of drug-likeness (QED) is 0.559. The Hall–Kier alpha value is -2.95. The number of nitrogens with one attached hydrogen (secondary N) is 1. The Labute approximate surface area is 165 Å². The maximum atomic E-state index is 12.5. The van der Waals surface area contributed by atoms with Crippen LogP contribution in [0.3, 0.4) is 0 Å². The highest BCUT2D eigenvalue weighted by atomic mass is 16.5. The predicted octanol–water partition coefficient (Wildman–Crippen LogP) is 3.83. The highest BCUT2D eigenvalue weighted by Gasteiger charge is 2.30. The number of rotatable bonds is 8. The molecule has 0 heterocycles. The maximum absolute atomic E-state index is 12.5. The van der Waals surface area contributed by atoms with Gasteiger partial charge in [0.25, 0.3) is 5.91 Å². The van der Waals surface area contributed by atoms with Gasteiger partial charge in [-0.1, -0.05) is 42.5 Å².